The molecular formula is C40H30F3N3O3S. The number of nitrogens with zero attached hydrogens (tertiary/aromatic N) is 3. The molecule has 0 radical (unpaired) electrons. The van der Waals surface area contributed by atoms with Crippen molar-refractivity contribution in [3.05, 3.63) is 113 Å². The molecule has 0 unspecified atom stereocenters. The Kier molecular flexibility index (Phi) is 7.50. The SMILES string of the molecule is [C-]#[N+]c1cccc(C#N)c1-c1c(-c2cccc(-c3c(F)cc(C(C)=O)cc3F)c2)n(S(=O)(=O)C2C3CC4CC(C3)CC2C4)c2ccc(F)cc12. The molecule has 9 rings (SSSR count). The molecule has 1 aromatic heterocycles. The lowest BCUT2D eigenvalue weighted by molar-refractivity contribution is 0.0235. The number of rotatable bonds is 6. The van der Waals surface area contributed by atoms with E-state index in [1.807, 2.05) is 0 Å². The minimum Gasteiger partial charge on any atom is -0.295 e. The molecule has 0 spiro atoms. The molecule has 50 heavy (non-hydrogen) atoms. The number of ketones is 1. The van der Waals surface area contributed by atoms with Crippen LogP contribution in [0, 0.1) is 59.0 Å². The minimum absolute atomic E-state index is 0.0510. The highest BCUT2D eigenvalue weighted by molar-refractivity contribution is 7.90. The molecule has 1 heterocycles. The molecular weight excluding hydrogens is 660 g/mol. The van der Waals surface area contributed by atoms with Gasteiger partial charge >= 0.3 is 0 Å². The Hall–Kier alpha value is -5.19. The first-order valence-electron chi connectivity index (χ1n) is 16.6. The number of fused-ring (bicyclic) bond motifs is 1. The number of aromatic nitrogens is 1. The molecule has 0 amide bonds. The highest BCUT2D eigenvalue weighted by Crippen LogP contribution is 2.57. The molecule has 250 valence electrons. The highest BCUT2D eigenvalue weighted by atomic mass is 32.2. The third-order valence-corrected chi connectivity index (χ3v) is 13.4. The van der Waals surface area contributed by atoms with Crippen LogP contribution in [0.3, 0.4) is 0 Å². The van der Waals surface area contributed by atoms with E-state index in [1.165, 1.54) is 59.4 Å². The van der Waals surface area contributed by atoms with E-state index in [-0.39, 0.29) is 67.5 Å². The zero-order valence-electron chi connectivity index (χ0n) is 27.0. The maximum Gasteiger partial charge on any atom is 0.243 e. The summed E-state index contributed by atoms with van der Waals surface area (Å²) in [7, 11) is -4.23. The lowest BCUT2D eigenvalue weighted by atomic mass is 9.56. The Morgan fingerprint density at radius 3 is 2.10 bits per heavy atom. The maximum absolute atomic E-state index is 15.5. The van der Waals surface area contributed by atoms with E-state index in [4.69, 9.17) is 6.57 Å². The molecule has 4 saturated carbocycles. The van der Waals surface area contributed by atoms with Gasteiger partial charge in [0.15, 0.2) is 11.5 Å². The van der Waals surface area contributed by atoms with E-state index in [1.54, 1.807) is 12.1 Å². The summed E-state index contributed by atoms with van der Waals surface area (Å²) in [6.45, 7) is 9.19. The minimum atomic E-state index is -4.23. The number of halogens is 3. The number of hydrogen-bond acceptors (Lipinski definition) is 4. The monoisotopic (exact) mass is 689 g/mol. The number of Topliss-reactive ketones (excluding diaryl/α,β-unsaturated/α-hetero) is 1. The first-order chi connectivity index (χ1) is 24.0. The van der Waals surface area contributed by atoms with E-state index in [9.17, 15) is 10.1 Å². The summed E-state index contributed by atoms with van der Waals surface area (Å²) in [5, 5.41) is 9.74. The smallest absolute Gasteiger partial charge is 0.243 e. The van der Waals surface area contributed by atoms with Crippen LogP contribution >= 0.6 is 0 Å². The van der Waals surface area contributed by atoms with Gasteiger partial charge in [-0.25, -0.2) is 30.4 Å². The molecule has 4 aliphatic rings. The highest BCUT2D eigenvalue weighted by Gasteiger charge is 2.54. The molecule has 0 aliphatic heterocycles. The Balaban J connectivity index is 1.47. The Labute approximate surface area is 287 Å². The van der Waals surface area contributed by atoms with Crippen molar-refractivity contribution in [2.75, 3.05) is 0 Å². The summed E-state index contributed by atoms with van der Waals surface area (Å²) in [6, 6.07) is 18.5. The van der Waals surface area contributed by atoms with E-state index >= 15 is 21.6 Å². The van der Waals surface area contributed by atoms with Gasteiger partial charge in [0.25, 0.3) is 0 Å². The van der Waals surface area contributed by atoms with Crippen LogP contribution in [0.5, 0.6) is 0 Å². The standard InChI is InChI=1S/C40H30F3N3O3S/c1-21(47)27-17-32(42)36(33(43)18-27)24-5-3-6-25(16-24)39-38(37-26(20-44)7-4-8-34(37)45-2)31-19-30(41)9-10-35(31)46(39)50(48,49)40-28-12-22-11-23(14-28)15-29(40)13-22/h3-10,16-19,22-23,28-29,40H,11-15H2,1H3. The zero-order valence-corrected chi connectivity index (χ0v) is 27.8. The van der Waals surface area contributed by atoms with Crippen molar-refractivity contribution in [2.45, 2.75) is 44.3 Å². The van der Waals surface area contributed by atoms with Gasteiger partial charge in [-0.2, -0.15) is 5.26 Å². The third-order valence-electron chi connectivity index (χ3n) is 11.0. The van der Waals surface area contributed by atoms with Gasteiger partial charge in [0.2, 0.25) is 10.0 Å². The molecule has 0 atom stereocenters. The Morgan fingerprint density at radius 2 is 1.48 bits per heavy atom. The summed E-state index contributed by atoms with van der Waals surface area (Å²) >= 11 is 0. The predicted molar refractivity (Wildman–Crippen MR) is 184 cm³/mol. The molecule has 4 fully saturated rings. The van der Waals surface area contributed by atoms with Crippen LogP contribution in [0.15, 0.2) is 72.8 Å². The second kappa shape index (κ2) is 11.7. The summed E-state index contributed by atoms with van der Waals surface area (Å²) in [4.78, 5) is 15.6. The van der Waals surface area contributed by atoms with Gasteiger partial charge in [0, 0.05) is 33.2 Å². The van der Waals surface area contributed by atoms with E-state index < -0.39 is 44.1 Å². The number of carbonyl (C=O) groups excluding carboxylic acids is 1. The van der Waals surface area contributed by atoms with Gasteiger partial charge in [-0.3, -0.25) is 4.79 Å². The van der Waals surface area contributed by atoms with E-state index in [0.29, 0.717) is 11.8 Å². The second-order valence-electron chi connectivity index (χ2n) is 14.0. The molecule has 4 aliphatic carbocycles. The van der Waals surface area contributed by atoms with Crippen molar-refractivity contribution in [1.82, 2.24) is 3.97 Å². The fraction of sp³-hybridized carbons (Fsp3) is 0.275. The quantitative estimate of drug-likeness (QED) is 0.131. The van der Waals surface area contributed by atoms with Crippen molar-refractivity contribution >= 4 is 32.4 Å². The van der Waals surface area contributed by atoms with Gasteiger partial charge in [0.1, 0.15) is 17.5 Å². The summed E-state index contributed by atoms with van der Waals surface area (Å²) in [5.74, 6) is -2.20. The van der Waals surface area contributed by atoms with Gasteiger partial charge < -0.3 is 0 Å². The molecule has 4 bridgehead atoms. The topological polar surface area (TPSA) is 84.3 Å². The first kappa shape index (κ1) is 32.0. The van der Waals surface area contributed by atoms with E-state index in [0.717, 1.165) is 44.2 Å². The lowest BCUT2D eigenvalue weighted by Crippen LogP contribution is -2.52. The van der Waals surface area contributed by atoms with Crippen LogP contribution < -0.4 is 0 Å². The maximum atomic E-state index is 15.5. The van der Waals surface area contributed by atoms with Crippen molar-refractivity contribution in [3.8, 4) is 39.6 Å². The van der Waals surface area contributed by atoms with Crippen molar-refractivity contribution in [2.24, 2.45) is 23.7 Å². The average molecular weight is 690 g/mol. The van der Waals surface area contributed by atoms with Gasteiger partial charge in [-0.15, -0.1) is 0 Å². The summed E-state index contributed by atoms with van der Waals surface area (Å²) < 4.78 is 78.1. The van der Waals surface area contributed by atoms with Gasteiger partial charge in [-0.1, -0.05) is 30.3 Å². The van der Waals surface area contributed by atoms with Gasteiger partial charge in [0.05, 0.1) is 34.7 Å². The van der Waals surface area contributed by atoms with Gasteiger partial charge in [-0.05, 0) is 111 Å². The van der Waals surface area contributed by atoms with Crippen molar-refractivity contribution < 1.29 is 26.4 Å². The van der Waals surface area contributed by atoms with Crippen molar-refractivity contribution in [1.29, 1.82) is 5.26 Å². The van der Waals surface area contributed by atoms with E-state index in [2.05, 4.69) is 10.9 Å². The van der Waals surface area contributed by atoms with Crippen LogP contribution in [-0.2, 0) is 10.0 Å². The fourth-order valence-electron chi connectivity index (χ4n) is 9.36. The zero-order chi connectivity index (χ0) is 35.1. The van der Waals surface area contributed by atoms with Crippen LogP contribution in [0.4, 0.5) is 18.9 Å². The number of nitriles is 1. The van der Waals surface area contributed by atoms with Crippen LogP contribution in [0.25, 0.3) is 49.3 Å². The van der Waals surface area contributed by atoms with Crippen LogP contribution in [-0.4, -0.2) is 23.4 Å². The molecule has 0 N–H and O–H groups in total. The third kappa shape index (κ3) is 4.88. The normalized spacial score (nSPS) is 22.4. The average Bonchev–Trinajstić information content (AvgIpc) is 3.41. The van der Waals surface area contributed by atoms with Crippen molar-refractivity contribution in [3.63, 3.8) is 0 Å². The number of benzene rings is 4. The predicted octanol–water partition coefficient (Wildman–Crippen LogP) is 9.69. The lowest BCUT2D eigenvalue weighted by Gasteiger charge is -2.53. The molecule has 5 aromatic rings. The second-order valence-corrected chi connectivity index (χ2v) is 15.9. The number of carbonyl (C=O) groups is 1. The first-order valence-corrected chi connectivity index (χ1v) is 18.1. The molecule has 4 aromatic carbocycles. The fourth-order valence-corrected chi connectivity index (χ4v) is 11.9. The summed E-state index contributed by atoms with van der Waals surface area (Å²) in [6.07, 6.45) is 4.39. The largest absolute Gasteiger partial charge is 0.295 e. The van der Waals surface area contributed by atoms with Crippen LogP contribution in [0.2, 0.25) is 0 Å². The Morgan fingerprint density at radius 1 is 0.840 bits per heavy atom. The Bertz CT molecular complexity index is 2390. The molecule has 0 saturated heterocycles. The molecule has 6 nitrogen and oxygen atoms in total. The summed E-state index contributed by atoms with van der Waals surface area (Å²) in [5.41, 5.74) is 0.492. The molecule has 10 heteroatoms. The number of hydrogen-bond donors (Lipinski definition) is 0. The van der Waals surface area contributed by atoms with Crippen LogP contribution in [0.1, 0.15) is 54.9 Å².